The molecule has 1 aliphatic rings. The minimum atomic E-state index is -0.617. The lowest BCUT2D eigenvalue weighted by atomic mass is 10.1. The van der Waals surface area contributed by atoms with Crippen molar-refractivity contribution >= 4 is 57.9 Å². The first kappa shape index (κ1) is 23.2. The van der Waals surface area contributed by atoms with Gasteiger partial charge in [0.1, 0.15) is 21.8 Å². The van der Waals surface area contributed by atoms with Crippen LogP contribution in [0.5, 0.6) is 0 Å². The van der Waals surface area contributed by atoms with Crippen LogP contribution >= 0.6 is 23.4 Å². The third-order valence-electron chi connectivity index (χ3n) is 4.59. The Kier molecular flexibility index (Phi) is 7.04. The number of furan rings is 1. The number of anilines is 1. The second-order valence-electron chi connectivity index (χ2n) is 6.99. The summed E-state index contributed by atoms with van der Waals surface area (Å²) < 4.78 is 5.63. The molecule has 10 nitrogen and oxygen atoms in total. The first-order valence-electron chi connectivity index (χ1n) is 9.86. The van der Waals surface area contributed by atoms with E-state index in [1.807, 2.05) is 6.07 Å². The Morgan fingerprint density at radius 1 is 1.24 bits per heavy atom. The summed E-state index contributed by atoms with van der Waals surface area (Å²) in [6.07, 6.45) is 1.33. The fourth-order valence-electron chi connectivity index (χ4n) is 3.01. The molecule has 2 aromatic carbocycles. The maximum Gasteiger partial charge on any atom is 0.288 e. The largest absolute Gasteiger partial charge is 0.455 e. The van der Waals surface area contributed by atoms with Crippen molar-refractivity contribution in [2.75, 3.05) is 5.32 Å². The van der Waals surface area contributed by atoms with Gasteiger partial charge in [0.05, 0.1) is 11.1 Å². The zero-order chi connectivity index (χ0) is 24.1. The number of thioether (sulfide) groups is 1. The van der Waals surface area contributed by atoms with Crippen molar-refractivity contribution < 1.29 is 18.9 Å². The molecule has 1 aliphatic heterocycles. The fourth-order valence-corrected chi connectivity index (χ4v) is 4.12. The first-order valence-corrected chi connectivity index (χ1v) is 11.1. The second kappa shape index (κ2) is 10.3. The molecule has 0 saturated carbocycles. The van der Waals surface area contributed by atoms with Crippen LogP contribution in [-0.4, -0.2) is 33.4 Å². The third kappa shape index (κ3) is 5.69. The number of halogens is 1. The molecule has 4 rings (SSSR count). The Labute approximate surface area is 202 Å². The summed E-state index contributed by atoms with van der Waals surface area (Å²) in [5, 5.41) is 23.9. The molecule has 0 bridgehead atoms. The Bertz CT molecular complexity index is 1310. The lowest BCUT2D eigenvalue weighted by Gasteiger charge is -2.06. The monoisotopic (exact) mass is 497 g/mol. The summed E-state index contributed by atoms with van der Waals surface area (Å²) in [5.74, 6) is 0.132. The lowest BCUT2D eigenvalue weighted by molar-refractivity contribution is -0.384. The zero-order valence-corrected chi connectivity index (χ0v) is 18.9. The van der Waals surface area contributed by atoms with Crippen LogP contribution in [0.15, 0.2) is 75.3 Å². The average molecular weight is 498 g/mol. The number of nitro groups is 1. The van der Waals surface area contributed by atoms with E-state index >= 15 is 0 Å². The van der Waals surface area contributed by atoms with Crippen molar-refractivity contribution in [3.05, 3.63) is 81.6 Å². The molecule has 0 spiro atoms. The van der Waals surface area contributed by atoms with Gasteiger partial charge >= 0.3 is 0 Å². The zero-order valence-electron chi connectivity index (χ0n) is 17.3. The standard InChI is InChI=1S/C22H16ClN5O5S/c23-16-8-6-13(10-17(16)28(31)32)18-9-7-15(33-18)12-24-27-22-26-21(30)19(34-22)11-20(29)25-14-4-2-1-3-5-14/h1-10,12,19H,11H2,(H,25,29)(H,26,27,30). The van der Waals surface area contributed by atoms with Gasteiger partial charge in [-0.1, -0.05) is 41.6 Å². The number of nitrogens with zero attached hydrogens (tertiary/aromatic N) is 3. The van der Waals surface area contributed by atoms with Gasteiger partial charge in [0.25, 0.3) is 5.69 Å². The average Bonchev–Trinajstić information content (AvgIpc) is 3.41. The lowest BCUT2D eigenvalue weighted by Crippen LogP contribution is -2.28. The molecule has 172 valence electrons. The van der Waals surface area contributed by atoms with Crippen LogP contribution in [0.25, 0.3) is 11.3 Å². The van der Waals surface area contributed by atoms with Crippen LogP contribution in [0, 0.1) is 10.1 Å². The summed E-state index contributed by atoms with van der Waals surface area (Å²) in [7, 11) is 0. The van der Waals surface area contributed by atoms with Gasteiger partial charge in [-0.2, -0.15) is 5.10 Å². The Hall–Kier alpha value is -3.96. The normalized spacial score (nSPS) is 16.7. The Balaban J connectivity index is 1.36. The molecule has 3 aromatic rings. The molecule has 0 aliphatic carbocycles. The van der Waals surface area contributed by atoms with E-state index in [0.717, 1.165) is 11.8 Å². The number of para-hydroxylation sites is 1. The van der Waals surface area contributed by atoms with Crippen molar-refractivity contribution in [1.29, 1.82) is 0 Å². The van der Waals surface area contributed by atoms with E-state index in [4.69, 9.17) is 16.0 Å². The van der Waals surface area contributed by atoms with E-state index in [1.54, 1.807) is 42.5 Å². The quantitative estimate of drug-likeness (QED) is 0.280. The van der Waals surface area contributed by atoms with E-state index < -0.39 is 10.2 Å². The maximum absolute atomic E-state index is 12.2. The predicted octanol–water partition coefficient (Wildman–Crippen LogP) is 4.46. The van der Waals surface area contributed by atoms with E-state index in [1.165, 1.54) is 18.3 Å². The number of nitro benzene ring substituents is 1. The summed E-state index contributed by atoms with van der Waals surface area (Å²) in [4.78, 5) is 34.8. The number of rotatable bonds is 7. The van der Waals surface area contributed by atoms with Crippen molar-refractivity contribution in [3.63, 3.8) is 0 Å². The molecule has 2 N–H and O–H groups in total. The highest BCUT2D eigenvalue weighted by Gasteiger charge is 2.32. The molecule has 1 atom stereocenters. The van der Waals surface area contributed by atoms with E-state index in [2.05, 4.69) is 20.8 Å². The Morgan fingerprint density at radius 2 is 2.03 bits per heavy atom. The highest BCUT2D eigenvalue weighted by molar-refractivity contribution is 8.15. The van der Waals surface area contributed by atoms with Crippen LogP contribution in [0.2, 0.25) is 5.02 Å². The van der Waals surface area contributed by atoms with Crippen molar-refractivity contribution in [1.82, 2.24) is 5.32 Å². The first-order chi connectivity index (χ1) is 16.4. The number of hydrogen-bond acceptors (Lipinski definition) is 8. The summed E-state index contributed by atoms with van der Waals surface area (Å²) in [5.41, 5.74) is 0.913. The third-order valence-corrected chi connectivity index (χ3v) is 5.98. The molecule has 12 heteroatoms. The molecular weight excluding hydrogens is 482 g/mol. The fraction of sp³-hybridized carbons (Fsp3) is 0.0909. The Morgan fingerprint density at radius 3 is 2.79 bits per heavy atom. The van der Waals surface area contributed by atoms with Crippen molar-refractivity contribution in [3.8, 4) is 11.3 Å². The molecular formula is C22H16ClN5O5S. The molecule has 1 saturated heterocycles. The van der Waals surface area contributed by atoms with Crippen molar-refractivity contribution in [2.45, 2.75) is 11.7 Å². The van der Waals surface area contributed by atoms with Gasteiger partial charge < -0.3 is 15.1 Å². The van der Waals surface area contributed by atoms with E-state index in [0.29, 0.717) is 22.8 Å². The van der Waals surface area contributed by atoms with Crippen LogP contribution in [0.3, 0.4) is 0 Å². The number of carbonyl (C=O) groups excluding carboxylic acids is 2. The number of nitrogens with one attached hydrogen (secondary N) is 2. The predicted molar refractivity (Wildman–Crippen MR) is 130 cm³/mol. The summed E-state index contributed by atoms with van der Waals surface area (Å²) in [6, 6.07) is 16.6. The minimum Gasteiger partial charge on any atom is -0.455 e. The van der Waals surface area contributed by atoms with Crippen LogP contribution in [0.1, 0.15) is 12.2 Å². The second-order valence-corrected chi connectivity index (χ2v) is 8.59. The van der Waals surface area contributed by atoms with Gasteiger partial charge in [0.15, 0.2) is 5.17 Å². The van der Waals surface area contributed by atoms with Gasteiger partial charge in [-0.05, 0) is 36.4 Å². The number of amides is 2. The van der Waals surface area contributed by atoms with Gasteiger partial charge in [-0.3, -0.25) is 19.7 Å². The topological polar surface area (TPSA) is 139 Å². The molecule has 1 unspecified atom stereocenters. The number of amidine groups is 1. The van der Waals surface area contributed by atoms with Gasteiger partial charge in [0.2, 0.25) is 11.8 Å². The molecule has 2 heterocycles. The SMILES string of the molecule is O=C(CC1S/C(=N\N=Cc2ccc(-c3ccc(Cl)c([N+](=O)[O-])c3)o2)NC1=O)Nc1ccccc1. The van der Waals surface area contributed by atoms with Gasteiger partial charge in [-0.15, -0.1) is 5.10 Å². The van der Waals surface area contributed by atoms with Gasteiger partial charge in [-0.25, -0.2) is 0 Å². The summed E-state index contributed by atoms with van der Waals surface area (Å²) >= 11 is 6.95. The van der Waals surface area contributed by atoms with E-state index in [-0.39, 0.29) is 34.1 Å². The number of benzene rings is 2. The van der Waals surface area contributed by atoms with E-state index in [9.17, 15) is 19.7 Å². The number of carbonyl (C=O) groups is 2. The number of hydrogen-bond donors (Lipinski definition) is 2. The molecule has 1 fully saturated rings. The maximum atomic E-state index is 12.2. The highest BCUT2D eigenvalue weighted by Crippen LogP contribution is 2.31. The highest BCUT2D eigenvalue weighted by atomic mass is 35.5. The van der Waals surface area contributed by atoms with Crippen molar-refractivity contribution in [2.24, 2.45) is 10.2 Å². The minimum absolute atomic E-state index is 0.0110. The van der Waals surface area contributed by atoms with Crippen LogP contribution < -0.4 is 10.6 Å². The molecule has 2 amide bonds. The molecule has 0 radical (unpaired) electrons. The van der Waals surface area contributed by atoms with Crippen LogP contribution in [-0.2, 0) is 9.59 Å². The van der Waals surface area contributed by atoms with Crippen LogP contribution in [0.4, 0.5) is 11.4 Å². The molecule has 1 aromatic heterocycles. The smallest absolute Gasteiger partial charge is 0.288 e. The summed E-state index contributed by atoms with van der Waals surface area (Å²) in [6.45, 7) is 0. The molecule has 34 heavy (non-hydrogen) atoms. The van der Waals surface area contributed by atoms with Gasteiger partial charge in [0, 0.05) is 23.7 Å².